The Morgan fingerprint density at radius 2 is 1.37 bits per heavy atom. The lowest BCUT2D eigenvalue weighted by atomic mass is 9.73. The predicted molar refractivity (Wildman–Crippen MR) is 144 cm³/mol. The van der Waals surface area contributed by atoms with Gasteiger partial charge in [0.25, 0.3) is 0 Å². The molecule has 9 nitrogen and oxygen atoms in total. The molecule has 38 heavy (non-hydrogen) atoms. The van der Waals surface area contributed by atoms with Crippen molar-refractivity contribution in [3.05, 3.63) is 71.8 Å². The molecule has 0 aliphatic carbocycles. The lowest BCUT2D eigenvalue weighted by Gasteiger charge is -2.49. The van der Waals surface area contributed by atoms with E-state index in [1.54, 1.807) is 6.92 Å². The molecule has 2 N–H and O–H groups in total. The molecule has 0 heterocycles. The molecule has 9 heteroatoms. The third-order valence-corrected chi connectivity index (χ3v) is 6.56. The van der Waals surface area contributed by atoms with Gasteiger partial charge in [-0.1, -0.05) is 88.4 Å². The molecule has 0 radical (unpaired) electrons. The second-order valence-electron chi connectivity index (χ2n) is 9.73. The minimum Gasteiger partial charge on any atom is -0.468 e. The number of hydrogen-bond acceptors (Lipinski definition) is 6. The van der Waals surface area contributed by atoms with Crippen molar-refractivity contribution in [3.63, 3.8) is 0 Å². The number of nitrogens with one attached hydrogen (secondary N) is 2. The van der Waals surface area contributed by atoms with Gasteiger partial charge < -0.3 is 25.0 Å². The zero-order valence-corrected chi connectivity index (χ0v) is 23.0. The van der Waals surface area contributed by atoms with Crippen molar-refractivity contribution in [1.82, 2.24) is 15.5 Å². The van der Waals surface area contributed by atoms with Gasteiger partial charge in [-0.15, -0.1) is 0 Å². The predicted octanol–water partition coefficient (Wildman–Crippen LogP) is 3.67. The van der Waals surface area contributed by atoms with Crippen LogP contribution in [0.4, 0.5) is 4.79 Å². The normalized spacial score (nSPS) is 12.0. The van der Waals surface area contributed by atoms with Crippen molar-refractivity contribution in [2.75, 3.05) is 13.7 Å². The number of ether oxygens (including phenoxy) is 2. The highest BCUT2D eigenvalue weighted by molar-refractivity contribution is 5.95. The Morgan fingerprint density at radius 3 is 1.87 bits per heavy atom. The first-order valence-corrected chi connectivity index (χ1v) is 12.7. The van der Waals surface area contributed by atoms with Crippen molar-refractivity contribution in [2.45, 2.75) is 59.4 Å². The second kappa shape index (κ2) is 14.2. The van der Waals surface area contributed by atoms with Gasteiger partial charge in [-0.25, -0.2) is 4.79 Å². The van der Waals surface area contributed by atoms with Crippen molar-refractivity contribution < 1.29 is 28.7 Å². The van der Waals surface area contributed by atoms with Crippen LogP contribution in [0.5, 0.6) is 0 Å². The molecule has 1 atom stereocenters. The standard InChI is InChI=1S/C29H39N3O6/c1-20(2)29(21(3)4,27(35)30-17-25(33)37-6)32(18-23-13-9-7-10-14-23)26(34)22(5)31-28(36)38-19-24-15-11-8-12-16-24/h7-16,20-22H,17-19H2,1-6H3,(H,30,35)(H,31,36)/t22-/m0/s1. The molecule has 0 bridgehead atoms. The van der Waals surface area contributed by atoms with Gasteiger partial charge in [0.05, 0.1) is 7.11 Å². The van der Waals surface area contributed by atoms with Crippen LogP contribution in [0.25, 0.3) is 0 Å². The van der Waals surface area contributed by atoms with Crippen LogP contribution >= 0.6 is 0 Å². The first-order chi connectivity index (χ1) is 18.0. The van der Waals surface area contributed by atoms with E-state index in [-0.39, 0.29) is 31.5 Å². The molecule has 0 fully saturated rings. The molecule has 206 valence electrons. The minimum atomic E-state index is -1.34. The third kappa shape index (κ3) is 7.57. The zero-order chi connectivity index (χ0) is 28.3. The molecule has 2 aromatic carbocycles. The molecule has 0 saturated carbocycles. The molecular formula is C29H39N3O6. The lowest BCUT2D eigenvalue weighted by Crippen LogP contribution is -2.68. The first kappa shape index (κ1) is 30.3. The van der Waals surface area contributed by atoms with E-state index in [4.69, 9.17) is 4.74 Å². The van der Waals surface area contributed by atoms with Crippen LogP contribution in [0.2, 0.25) is 0 Å². The summed E-state index contributed by atoms with van der Waals surface area (Å²) in [6.45, 7) is 8.83. The highest BCUT2D eigenvalue weighted by Gasteiger charge is 2.52. The molecule has 0 aliphatic rings. The maximum atomic E-state index is 14.0. The van der Waals surface area contributed by atoms with Gasteiger partial charge in [0.15, 0.2) is 0 Å². The summed E-state index contributed by atoms with van der Waals surface area (Å²) in [5.74, 6) is -2.22. The van der Waals surface area contributed by atoms with E-state index in [1.165, 1.54) is 12.0 Å². The Kier molecular flexibility index (Phi) is 11.3. The van der Waals surface area contributed by atoms with Crippen LogP contribution in [0, 0.1) is 11.8 Å². The Hall–Kier alpha value is -3.88. The number of carbonyl (C=O) groups excluding carboxylic acids is 4. The van der Waals surface area contributed by atoms with Crippen molar-refractivity contribution >= 4 is 23.9 Å². The number of nitrogens with zero attached hydrogens (tertiary/aromatic N) is 1. The maximum absolute atomic E-state index is 14.0. The summed E-state index contributed by atoms with van der Waals surface area (Å²) >= 11 is 0. The van der Waals surface area contributed by atoms with E-state index in [2.05, 4.69) is 15.4 Å². The topological polar surface area (TPSA) is 114 Å². The summed E-state index contributed by atoms with van der Waals surface area (Å²) in [5, 5.41) is 5.26. The van der Waals surface area contributed by atoms with E-state index in [1.807, 2.05) is 88.4 Å². The highest BCUT2D eigenvalue weighted by Crippen LogP contribution is 2.35. The van der Waals surface area contributed by atoms with Gasteiger partial charge in [0.2, 0.25) is 11.8 Å². The fraction of sp³-hybridized carbons (Fsp3) is 0.448. The average molecular weight is 526 g/mol. The van der Waals surface area contributed by atoms with Crippen LogP contribution in [0.3, 0.4) is 0 Å². The van der Waals surface area contributed by atoms with E-state index >= 15 is 0 Å². The summed E-state index contributed by atoms with van der Waals surface area (Å²) < 4.78 is 9.98. The van der Waals surface area contributed by atoms with Gasteiger partial charge in [0.1, 0.15) is 24.7 Å². The van der Waals surface area contributed by atoms with Gasteiger partial charge in [0, 0.05) is 6.54 Å². The number of methoxy groups -OCH3 is 1. The molecule has 0 unspecified atom stereocenters. The molecule has 0 aromatic heterocycles. The van der Waals surface area contributed by atoms with Gasteiger partial charge in [-0.05, 0) is 29.9 Å². The van der Waals surface area contributed by atoms with E-state index in [9.17, 15) is 19.2 Å². The third-order valence-electron chi connectivity index (χ3n) is 6.56. The number of hydrogen-bond donors (Lipinski definition) is 2. The number of rotatable bonds is 12. The van der Waals surface area contributed by atoms with E-state index < -0.39 is 35.5 Å². The van der Waals surface area contributed by atoms with Crippen LogP contribution < -0.4 is 10.6 Å². The number of carbonyl (C=O) groups is 4. The van der Waals surface area contributed by atoms with E-state index in [0.29, 0.717) is 0 Å². The minimum absolute atomic E-state index is 0.0547. The molecule has 0 aliphatic heterocycles. The first-order valence-electron chi connectivity index (χ1n) is 12.7. The Bertz CT molecular complexity index is 1060. The SMILES string of the molecule is COC(=O)CNC(=O)C(C(C)C)(C(C)C)N(Cc1ccccc1)C(=O)[C@H](C)NC(=O)OCc1ccccc1. The summed E-state index contributed by atoms with van der Waals surface area (Å²) in [6, 6.07) is 17.5. The van der Waals surface area contributed by atoms with Crippen LogP contribution in [-0.2, 0) is 37.0 Å². The van der Waals surface area contributed by atoms with Gasteiger partial charge >= 0.3 is 12.1 Å². The van der Waals surface area contributed by atoms with Gasteiger partial charge in [-0.2, -0.15) is 0 Å². The largest absolute Gasteiger partial charge is 0.468 e. The molecule has 0 spiro atoms. The molecule has 3 amide bonds. The fourth-order valence-corrected chi connectivity index (χ4v) is 4.70. The zero-order valence-electron chi connectivity index (χ0n) is 23.0. The summed E-state index contributed by atoms with van der Waals surface area (Å²) in [4.78, 5) is 53.6. The number of benzene rings is 2. The maximum Gasteiger partial charge on any atom is 0.408 e. The van der Waals surface area contributed by atoms with Crippen LogP contribution in [0.1, 0.15) is 45.7 Å². The highest BCUT2D eigenvalue weighted by atomic mass is 16.5. The van der Waals surface area contributed by atoms with Gasteiger partial charge in [-0.3, -0.25) is 14.4 Å². The number of alkyl carbamates (subject to hydrolysis) is 1. The summed E-state index contributed by atoms with van der Waals surface area (Å²) in [5.41, 5.74) is 0.282. The van der Waals surface area contributed by atoms with Crippen LogP contribution in [-0.4, -0.2) is 54.0 Å². The summed E-state index contributed by atoms with van der Waals surface area (Å²) in [6.07, 6.45) is -0.746. The van der Waals surface area contributed by atoms with Crippen molar-refractivity contribution in [1.29, 1.82) is 0 Å². The monoisotopic (exact) mass is 525 g/mol. The van der Waals surface area contributed by atoms with Crippen molar-refractivity contribution in [3.8, 4) is 0 Å². The Balaban J connectivity index is 2.38. The number of amides is 3. The lowest BCUT2D eigenvalue weighted by molar-refractivity contribution is -0.158. The van der Waals surface area contributed by atoms with Crippen LogP contribution in [0.15, 0.2) is 60.7 Å². The molecule has 0 saturated heterocycles. The molecule has 2 rings (SSSR count). The average Bonchev–Trinajstić information content (AvgIpc) is 2.90. The Morgan fingerprint density at radius 1 is 0.842 bits per heavy atom. The van der Waals surface area contributed by atoms with E-state index in [0.717, 1.165) is 11.1 Å². The molecule has 2 aromatic rings. The van der Waals surface area contributed by atoms with Crippen molar-refractivity contribution in [2.24, 2.45) is 11.8 Å². The summed E-state index contributed by atoms with van der Waals surface area (Å²) in [7, 11) is 1.24. The smallest absolute Gasteiger partial charge is 0.408 e. The molecular weight excluding hydrogens is 486 g/mol. The number of esters is 1. The fourth-order valence-electron chi connectivity index (χ4n) is 4.70. The second-order valence-corrected chi connectivity index (χ2v) is 9.73. The quantitative estimate of drug-likeness (QED) is 0.409. The Labute approximate surface area is 224 Å².